The van der Waals surface area contributed by atoms with E-state index in [4.69, 9.17) is 0 Å². The number of piperidine rings is 1. The van der Waals surface area contributed by atoms with Crippen molar-refractivity contribution in [3.63, 3.8) is 0 Å². The van der Waals surface area contributed by atoms with Crippen LogP contribution in [-0.4, -0.2) is 37.1 Å². The Kier molecular flexibility index (Phi) is 6.02. The SMILES string of the molecule is CN(C(=O)Nc1ccc(-c2cccc(F)c2)cc1)C1CCN(c2cccc[n+]2[O-])CC1. The first-order chi connectivity index (χ1) is 15.0. The summed E-state index contributed by atoms with van der Waals surface area (Å²) >= 11 is 0. The quantitative estimate of drug-likeness (QED) is 0.507. The number of hydrogen-bond acceptors (Lipinski definition) is 3. The number of pyridine rings is 1. The Hall–Kier alpha value is -3.61. The summed E-state index contributed by atoms with van der Waals surface area (Å²) in [7, 11) is 1.80. The maximum atomic E-state index is 13.4. The van der Waals surface area contributed by atoms with Crippen LogP contribution in [0.1, 0.15) is 12.8 Å². The van der Waals surface area contributed by atoms with Gasteiger partial charge in [-0.15, -0.1) is 0 Å². The first-order valence-electron chi connectivity index (χ1n) is 10.3. The maximum absolute atomic E-state index is 13.4. The van der Waals surface area contributed by atoms with Gasteiger partial charge in [-0.3, -0.25) is 4.90 Å². The summed E-state index contributed by atoms with van der Waals surface area (Å²) in [6.07, 6.45) is 3.08. The van der Waals surface area contributed by atoms with Gasteiger partial charge in [0.05, 0.1) is 19.3 Å². The van der Waals surface area contributed by atoms with Crippen molar-refractivity contribution in [2.24, 2.45) is 0 Å². The van der Waals surface area contributed by atoms with Gasteiger partial charge in [-0.1, -0.05) is 30.3 Å². The van der Waals surface area contributed by atoms with Crippen molar-refractivity contribution in [1.29, 1.82) is 0 Å². The molecular formula is C24H25FN4O2. The van der Waals surface area contributed by atoms with E-state index in [1.807, 2.05) is 42.5 Å². The molecule has 1 saturated heterocycles. The van der Waals surface area contributed by atoms with E-state index in [2.05, 4.69) is 10.2 Å². The number of nitrogens with zero attached hydrogens (tertiary/aromatic N) is 3. The summed E-state index contributed by atoms with van der Waals surface area (Å²) in [6, 6.07) is 19.1. The van der Waals surface area contributed by atoms with Crippen molar-refractivity contribution >= 4 is 17.5 Å². The van der Waals surface area contributed by atoms with Crippen LogP contribution >= 0.6 is 0 Å². The van der Waals surface area contributed by atoms with Crippen molar-refractivity contribution in [1.82, 2.24) is 4.90 Å². The highest BCUT2D eigenvalue weighted by molar-refractivity contribution is 5.89. The molecule has 0 spiro atoms. The molecule has 2 heterocycles. The summed E-state index contributed by atoms with van der Waals surface area (Å²) in [5.41, 5.74) is 2.36. The molecule has 2 aromatic carbocycles. The molecule has 0 unspecified atom stereocenters. The standard InChI is InChI=1S/C24H25FN4O2/c1-27(22-12-15-28(16-13-22)23-7-2-3-14-29(23)31)24(30)26-21-10-8-18(9-11-21)19-5-4-6-20(25)17-19/h2-11,14,17,22H,12-13,15-16H2,1H3,(H,26,30). The molecule has 3 aromatic rings. The molecule has 4 rings (SSSR count). The van der Waals surface area contributed by atoms with Crippen molar-refractivity contribution in [2.45, 2.75) is 18.9 Å². The molecule has 0 aliphatic carbocycles. The Morgan fingerprint density at radius 3 is 2.48 bits per heavy atom. The second-order valence-electron chi connectivity index (χ2n) is 7.73. The summed E-state index contributed by atoms with van der Waals surface area (Å²) in [4.78, 5) is 16.5. The van der Waals surface area contributed by atoms with E-state index in [-0.39, 0.29) is 17.9 Å². The van der Waals surface area contributed by atoms with Gasteiger partial charge in [0.1, 0.15) is 5.82 Å². The molecule has 6 nitrogen and oxygen atoms in total. The van der Waals surface area contributed by atoms with Gasteiger partial charge in [-0.25, -0.2) is 13.9 Å². The van der Waals surface area contributed by atoms with Gasteiger partial charge >= 0.3 is 6.03 Å². The van der Waals surface area contributed by atoms with Crippen LogP contribution in [0.3, 0.4) is 0 Å². The topological polar surface area (TPSA) is 62.5 Å². The van der Waals surface area contributed by atoms with Gasteiger partial charge in [-0.2, -0.15) is 0 Å². The number of anilines is 2. The molecule has 0 bridgehead atoms. The third kappa shape index (κ3) is 4.77. The predicted octanol–water partition coefficient (Wildman–Crippen LogP) is 4.26. The Morgan fingerprint density at radius 2 is 1.81 bits per heavy atom. The van der Waals surface area contributed by atoms with Crippen molar-refractivity contribution < 1.29 is 13.9 Å². The first kappa shape index (κ1) is 20.7. The van der Waals surface area contributed by atoms with Gasteiger partial charge in [0.25, 0.3) is 5.82 Å². The van der Waals surface area contributed by atoms with Gasteiger partial charge in [0.15, 0.2) is 0 Å². The molecule has 1 aliphatic heterocycles. The average molecular weight is 420 g/mol. The van der Waals surface area contributed by atoms with E-state index in [0.717, 1.165) is 41.8 Å². The Morgan fingerprint density at radius 1 is 1.06 bits per heavy atom. The number of halogens is 1. The molecule has 7 heteroatoms. The number of amides is 2. The Balaban J connectivity index is 1.33. The van der Waals surface area contributed by atoms with Crippen molar-refractivity contribution in [3.05, 3.63) is 84.0 Å². The largest absolute Gasteiger partial charge is 0.711 e. The molecule has 0 atom stereocenters. The highest BCUT2D eigenvalue weighted by Gasteiger charge is 2.29. The lowest BCUT2D eigenvalue weighted by molar-refractivity contribution is -0.592. The van der Waals surface area contributed by atoms with Crippen LogP contribution in [0, 0.1) is 11.0 Å². The van der Waals surface area contributed by atoms with E-state index in [9.17, 15) is 14.4 Å². The highest BCUT2D eigenvalue weighted by Crippen LogP contribution is 2.23. The molecule has 1 fully saturated rings. The number of carbonyl (C=O) groups is 1. The molecule has 2 amide bonds. The minimum Gasteiger partial charge on any atom is -0.711 e. The maximum Gasteiger partial charge on any atom is 0.321 e. The summed E-state index contributed by atoms with van der Waals surface area (Å²) in [5.74, 6) is 0.367. The van der Waals surface area contributed by atoms with Gasteiger partial charge < -0.3 is 15.4 Å². The Labute approximate surface area is 181 Å². The number of benzene rings is 2. The lowest BCUT2D eigenvalue weighted by Crippen LogP contribution is -2.49. The van der Waals surface area contributed by atoms with Crippen LogP contribution in [0.25, 0.3) is 11.1 Å². The number of aromatic nitrogens is 1. The van der Waals surface area contributed by atoms with Crippen molar-refractivity contribution in [2.75, 3.05) is 30.4 Å². The zero-order chi connectivity index (χ0) is 21.8. The third-order valence-electron chi connectivity index (χ3n) is 5.75. The fourth-order valence-electron chi connectivity index (χ4n) is 3.94. The second kappa shape index (κ2) is 9.04. The summed E-state index contributed by atoms with van der Waals surface area (Å²) in [5, 5.41) is 14.9. The zero-order valence-corrected chi connectivity index (χ0v) is 17.4. The predicted molar refractivity (Wildman–Crippen MR) is 119 cm³/mol. The number of hydrogen-bond donors (Lipinski definition) is 1. The molecule has 1 N–H and O–H groups in total. The van der Waals surface area contributed by atoms with Crippen molar-refractivity contribution in [3.8, 4) is 11.1 Å². The van der Waals surface area contributed by atoms with E-state index >= 15 is 0 Å². The second-order valence-corrected chi connectivity index (χ2v) is 7.73. The molecule has 0 radical (unpaired) electrons. The van der Waals surface area contributed by atoms with Gasteiger partial charge in [0, 0.05) is 37.7 Å². The average Bonchev–Trinajstić information content (AvgIpc) is 2.79. The number of rotatable bonds is 4. The number of carbonyl (C=O) groups excluding carboxylic acids is 1. The first-order valence-corrected chi connectivity index (χ1v) is 10.3. The lowest BCUT2D eigenvalue weighted by atomic mass is 10.0. The fraction of sp³-hybridized carbons (Fsp3) is 0.250. The van der Waals surface area contributed by atoms with Crippen LogP contribution in [0.4, 0.5) is 20.7 Å². The molecule has 1 aliphatic rings. The molecular weight excluding hydrogens is 395 g/mol. The van der Waals surface area contributed by atoms with E-state index < -0.39 is 0 Å². The van der Waals surface area contributed by atoms with Crippen LogP contribution in [-0.2, 0) is 0 Å². The van der Waals surface area contributed by atoms with Crippen LogP contribution in [0.15, 0.2) is 72.9 Å². The third-order valence-corrected chi connectivity index (χ3v) is 5.75. The highest BCUT2D eigenvalue weighted by atomic mass is 19.1. The zero-order valence-electron chi connectivity index (χ0n) is 17.4. The van der Waals surface area contributed by atoms with Crippen LogP contribution in [0.2, 0.25) is 0 Å². The normalized spacial score (nSPS) is 14.3. The van der Waals surface area contributed by atoms with E-state index in [1.54, 1.807) is 24.1 Å². The van der Waals surface area contributed by atoms with Crippen LogP contribution < -0.4 is 14.9 Å². The van der Waals surface area contributed by atoms with Crippen LogP contribution in [0.5, 0.6) is 0 Å². The van der Waals surface area contributed by atoms with Gasteiger partial charge in [-0.05, 0) is 41.5 Å². The lowest BCUT2D eigenvalue weighted by Gasteiger charge is -2.34. The summed E-state index contributed by atoms with van der Waals surface area (Å²) < 4.78 is 14.3. The molecule has 160 valence electrons. The number of urea groups is 1. The minimum atomic E-state index is -0.278. The number of nitrogens with one attached hydrogen (secondary N) is 1. The smallest absolute Gasteiger partial charge is 0.321 e. The fourth-order valence-corrected chi connectivity index (χ4v) is 3.94. The van der Waals surface area contributed by atoms with Gasteiger partial charge in [0.2, 0.25) is 0 Å². The van der Waals surface area contributed by atoms with E-state index in [1.165, 1.54) is 18.3 Å². The van der Waals surface area contributed by atoms with E-state index in [0.29, 0.717) is 11.5 Å². The Bertz CT molecular complexity index is 1050. The molecule has 31 heavy (non-hydrogen) atoms. The molecule has 1 aromatic heterocycles. The minimum absolute atomic E-state index is 0.103. The molecule has 0 saturated carbocycles. The monoisotopic (exact) mass is 420 g/mol. The summed E-state index contributed by atoms with van der Waals surface area (Å²) in [6.45, 7) is 1.44.